The number of benzene rings is 1. The van der Waals surface area contributed by atoms with Gasteiger partial charge in [-0.2, -0.15) is 15.2 Å². The molecule has 1 saturated carbocycles. The van der Waals surface area contributed by atoms with Gasteiger partial charge >= 0.3 is 6.01 Å². The fourth-order valence-electron chi connectivity index (χ4n) is 7.66. The molecule has 6 nitrogen and oxygen atoms in total. The van der Waals surface area contributed by atoms with Gasteiger partial charge in [0.2, 0.25) is 0 Å². The van der Waals surface area contributed by atoms with Crippen molar-refractivity contribution >= 4 is 5.69 Å². The Balaban J connectivity index is 0.000000257. The van der Waals surface area contributed by atoms with Crippen molar-refractivity contribution in [2.75, 3.05) is 25.9 Å². The summed E-state index contributed by atoms with van der Waals surface area (Å²) in [6.45, 7) is 6.18. The van der Waals surface area contributed by atoms with Crippen LogP contribution in [0.5, 0.6) is 6.01 Å². The highest BCUT2D eigenvalue weighted by atomic mass is 19.1. The second kappa shape index (κ2) is 11.8. The SMILES string of the molecule is CC12CCCN1CC(F)C2.CCCc1ccc(N)c(C#N)c1C1CCc2c(nc(OC)nc2C2CCCC2)C1. The van der Waals surface area contributed by atoms with E-state index in [1.54, 1.807) is 7.11 Å². The van der Waals surface area contributed by atoms with Crippen LogP contribution >= 0.6 is 0 Å². The summed E-state index contributed by atoms with van der Waals surface area (Å²) in [5.41, 5.74) is 13.7. The van der Waals surface area contributed by atoms with Gasteiger partial charge in [0, 0.05) is 23.7 Å². The first-order valence-electron chi connectivity index (χ1n) is 15.0. The summed E-state index contributed by atoms with van der Waals surface area (Å²) in [4.78, 5) is 11.8. The van der Waals surface area contributed by atoms with Gasteiger partial charge in [0.25, 0.3) is 0 Å². The Morgan fingerprint density at radius 3 is 2.67 bits per heavy atom. The summed E-state index contributed by atoms with van der Waals surface area (Å²) in [6, 6.07) is 6.85. The zero-order valence-electron chi connectivity index (χ0n) is 23.9. The average Bonchev–Trinajstić information content (AvgIpc) is 3.65. The molecule has 2 aliphatic heterocycles. The van der Waals surface area contributed by atoms with E-state index in [1.807, 2.05) is 6.07 Å². The van der Waals surface area contributed by atoms with Crippen LogP contribution in [0.25, 0.3) is 0 Å². The van der Waals surface area contributed by atoms with Gasteiger partial charge < -0.3 is 10.5 Å². The lowest BCUT2D eigenvalue weighted by atomic mass is 9.76. The molecule has 39 heavy (non-hydrogen) atoms. The topological polar surface area (TPSA) is 88.1 Å². The van der Waals surface area contributed by atoms with Crippen LogP contribution in [0, 0.1) is 11.3 Å². The molecule has 7 heteroatoms. The van der Waals surface area contributed by atoms with Crippen molar-refractivity contribution in [1.82, 2.24) is 14.9 Å². The molecular formula is C32H44FN5O. The highest BCUT2D eigenvalue weighted by Gasteiger charge is 2.44. The number of rotatable bonds is 5. The molecule has 1 aromatic heterocycles. The third-order valence-corrected chi connectivity index (χ3v) is 9.61. The molecule has 0 spiro atoms. The summed E-state index contributed by atoms with van der Waals surface area (Å²) in [7, 11) is 1.64. The van der Waals surface area contributed by atoms with Gasteiger partial charge in [-0.05, 0) is 99.9 Å². The van der Waals surface area contributed by atoms with E-state index >= 15 is 0 Å². The predicted molar refractivity (Wildman–Crippen MR) is 153 cm³/mol. The molecule has 6 rings (SSSR count). The van der Waals surface area contributed by atoms with Crippen LogP contribution < -0.4 is 10.5 Å². The lowest BCUT2D eigenvalue weighted by molar-refractivity contribution is 0.217. The summed E-state index contributed by atoms with van der Waals surface area (Å²) in [5.74, 6) is 0.799. The number of nitrogen functional groups attached to an aromatic ring is 1. The van der Waals surface area contributed by atoms with Crippen LogP contribution in [0.2, 0.25) is 0 Å². The Bertz CT molecular complexity index is 1220. The fraction of sp³-hybridized carbons (Fsp3) is 0.656. The third kappa shape index (κ3) is 5.63. The molecule has 2 aromatic rings. The van der Waals surface area contributed by atoms with E-state index in [9.17, 15) is 9.65 Å². The molecule has 2 aliphatic carbocycles. The second-order valence-corrected chi connectivity index (χ2v) is 12.3. The number of aryl methyl sites for hydroxylation is 1. The zero-order valence-corrected chi connectivity index (χ0v) is 23.9. The Hall–Kier alpha value is -2.72. The first-order valence-corrected chi connectivity index (χ1v) is 15.0. The molecule has 3 unspecified atom stereocenters. The Morgan fingerprint density at radius 2 is 1.97 bits per heavy atom. The number of nitrogens with two attached hydrogens (primary N) is 1. The molecule has 3 heterocycles. The van der Waals surface area contributed by atoms with E-state index in [0.29, 0.717) is 29.7 Å². The van der Waals surface area contributed by atoms with Gasteiger partial charge in [-0.3, -0.25) is 4.90 Å². The molecular weight excluding hydrogens is 489 g/mol. The normalized spacial score (nSPS) is 26.4. The molecule has 0 radical (unpaired) electrons. The highest BCUT2D eigenvalue weighted by Crippen LogP contribution is 2.43. The molecule has 2 saturated heterocycles. The largest absolute Gasteiger partial charge is 0.467 e. The maximum Gasteiger partial charge on any atom is 0.316 e. The van der Waals surface area contributed by atoms with Gasteiger partial charge in [0.05, 0.1) is 24.1 Å². The molecule has 0 amide bonds. The fourth-order valence-corrected chi connectivity index (χ4v) is 7.66. The minimum atomic E-state index is -0.551. The lowest BCUT2D eigenvalue weighted by Gasteiger charge is -2.29. The van der Waals surface area contributed by atoms with Crippen molar-refractivity contribution in [2.24, 2.45) is 0 Å². The number of aromatic nitrogens is 2. The van der Waals surface area contributed by atoms with Gasteiger partial charge in [-0.15, -0.1) is 0 Å². The van der Waals surface area contributed by atoms with Crippen LogP contribution in [0.4, 0.5) is 10.1 Å². The van der Waals surface area contributed by atoms with Gasteiger partial charge in [-0.25, -0.2) is 4.39 Å². The van der Waals surface area contributed by atoms with E-state index in [2.05, 4.69) is 30.9 Å². The number of ether oxygens (including phenoxy) is 1. The van der Waals surface area contributed by atoms with Crippen molar-refractivity contribution in [3.63, 3.8) is 0 Å². The van der Waals surface area contributed by atoms with Crippen LogP contribution in [-0.4, -0.2) is 46.8 Å². The minimum absolute atomic E-state index is 0.236. The van der Waals surface area contributed by atoms with Gasteiger partial charge in [0.1, 0.15) is 12.2 Å². The maximum absolute atomic E-state index is 12.8. The van der Waals surface area contributed by atoms with Crippen molar-refractivity contribution in [1.29, 1.82) is 5.26 Å². The molecule has 0 bridgehead atoms. The Kier molecular flexibility index (Phi) is 8.42. The molecule has 3 fully saturated rings. The maximum atomic E-state index is 12.8. The molecule has 1 aromatic carbocycles. The number of fused-ring (bicyclic) bond motifs is 2. The van der Waals surface area contributed by atoms with Crippen molar-refractivity contribution in [3.8, 4) is 12.1 Å². The number of halogens is 1. The number of hydrogen-bond acceptors (Lipinski definition) is 6. The summed E-state index contributed by atoms with van der Waals surface area (Å²) in [5, 5.41) is 9.81. The van der Waals surface area contributed by atoms with Crippen LogP contribution in [-0.2, 0) is 19.3 Å². The Morgan fingerprint density at radius 1 is 1.18 bits per heavy atom. The van der Waals surface area contributed by atoms with Crippen molar-refractivity contribution < 1.29 is 9.13 Å². The van der Waals surface area contributed by atoms with E-state index in [-0.39, 0.29) is 11.5 Å². The van der Waals surface area contributed by atoms with Crippen LogP contribution in [0.3, 0.4) is 0 Å². The predicted octanol–water partition coefficient (Wildman–Crippen LogP) is 6.40. The number of methoxy groups -OCH3 is 1. The minimum Gasteiger partial charge on any atom is -0.467 e. The zero-order chi connectivity index (χ0) is 27.6. The van der Waals surface area contributed by atoms with Crippen LogP contribution in [0.1, 0.15) is 117 Å². The van der Waals surface area contributed by atoms with Crippen molar-refractivity contribution in [2.45, 2.75) is 114 Å². The summed E-state index contributed by atoms with van der Waals surface area (Å²) >= 11 is 0. The smallest absolute Gasteiger partial charge is 0.316 e. The standard InChI is InChI=1S/C24H30N4O.C8H14FN/c1-3-6-15-10-12-20(26)19(14-25)22(15)17-9-11-18-21(13-17)27-24(29-2)28-23(18)16-7-4-5-8-16;1-8-3-2-4-10(8)6-7(9)5-8/h10,12,16-17H,3-9,11,13,26H2,1-2H3;7H,2-6H2,1H3. The average molecular weight is 534 g/mol. The molecule has 2 N–H and O–H groups in total. The first kappa shape index (κ1) is 27.8. The molecule has 210 valence electrons. The van der Waals surface area contributed by atoms with Gasteiger partial charge in [0.15, 0.2) is 0 Å². The lowest BCUT2D eigenvalue weighted by Crippen LogP contribution is -2.34. The highest BCUT2D eigenvalue weighted by molar-refractivity contribution is 5.62. The van der Waals surface area contributed by atoms with E-state index < -0.39 is 6.17 Å². The number of anilines is 1. The second-order valence-electron chi connectivity index (χ2n) is 12.3. The number of nitriles is 1. The number of hydrogen-bond donors (Lipinski definition) is 1. The van der Waals surface area contributed by atoms with E-state index in [1.165, 1.54) is 55.3 Å². The quantitative estimate of drug-likeness (QED) is 0.447. The monoisotopic (exact) mass is 533 g/mol. The molecule has 4 aliphatic rings. The summed E-state index contributed by atoms with van der Waals surface area (Å²) < 4.78 is 18.3. The van der Waals surface area contributed by atoms with Gasteiger partial charge in [-0.1, -0.05) is 32.3 Å². The van der Waals surface area contributed by atoms with Crippen molar-refractivity contribution in [3.05, 3.63) is 45.8 Å². The third-order valence-electron chi connectivity index (χ3n) is 9.61. The molecule has 3 atom stereocenters. The Labute approximate surface area is 233 Å². The van der Waals surface area contributed by atoms with E-state index in [4.69, 9.17) is 20.4 Å². The first-order chi connectivity index (χ1) is 18.9. The van der Waals surface area contributed by atoms with E-state index in [0.717, 1.165) is 56.3 Å². The van der Waals surface area contributed by atoms with Crippen LogP contribution in [0.15, 0.2) is 12.1 Å². The number of nitrogens with zero attached hydrogens (tertiary/aromatic N) is 4. The number of alkyl halides is 1. The summed E-state index contributed by atoms with van der Waals surface area (Å²) in [6.07, 6.45) is 12.5.